The smallest absolute Gasteiger partial charge is 0.243 e. The van der Waals surface area contributed by atoms with Gasteiger partial charge in [0.05, 0.1) is 30.9 Å². The van der Waals surface area contributed by atoms with Crippen LogP contribution in [0.15, 0.2) is 29.2 Å². The molecule has 0 spiro atoms. The van der Waals surface area contributed by atoms with Crippen molar-refractivity contribution in [1.29, 1.82) is 0 Å². The fourth-order valence-corrected chi connectivity index (χ4v) is 5.30. The summed E-state index contributed by atoms with van der Waals surface area (Å²) in [4.78, 5) is 2.57. The molecule has 4 rings (SSSR count). The molecule has 0 N–H and O–H groups in total. The molecule has 0 radical (unpaired) electrons. The van der Waals surface area contributed by atoms with Gasteiger partial charge in [-0.2, -0.15) is 9.40 Å². The fraction of sp³-hybridized carbons (Fsp3) is 0.526. The highest BCUT2D eigenvalue weighted by atomic mass is 32.2. The van der Waals surface area contributed by atoms with Gasteiger partial charge in [-0.25, -0.2) is 8.42 Å². The van der Waals surface area contributed by atoms with E-state index in [1.54, 1.807) is 28.6 Å². The van der Waals surface area contributed by atoms with E-state index in [1.807, 2.05) is 11.7 Å². The lowest BCUT2D eigenvalue weighted by atomic mass is 10.1. The number of aromatic nitrogens is 2. The molecule has 0 unspecified atom stereocenters. The Morgan fingerprint density at radius 3 is 2.75 bits per heavy atom. The molecule has 1 aromatic carbocycles. The summed E-state index contributed by atoms with van der Waals surface area (Å²) in [7, 11) is -0.123. The molecule has 28 heavy (non-hydrogen) atoms. The van der Waals surface area contributed by atoms with Gasteiger partial charge in [-0.1, -0.05) is 6.07 Å². The van der Waals surface area contributed by atoms with E-state index in [-0.39, 0.29) is 4.90 Å². The van der Waals surface area contributed by atoms with Crippen molar-refractivity contribution in [3.8, 4) is 5.75 Å². The summed E-state index contributed by atoms with van der Waals surface area (Å²) in [6, 6.07) is 6.64. The minimum absolute atomic E-state index is 0.258. The zero-order valence-electron chi connectivity index (χ0n) is 16.3. The number of benzene rings is 1. The Balaban J connectivity index is 1.59. The standard InChI is InChI=1S/C19H26N4O4S/c1-21-19-6-7-23(28(24,25)16-5-3-4-15(12-16)26-2)13-17(19)18(20-21)14-22-8-10-27-11-9-22/h3-5,12H,6-11,13-14H2,1-2H3. The Bertz CT molecular complexity index is 951. The third kappa shape index (κ3) is 3.67. The van der Waals surface area contributed by atoms with Crippen molar-refractivity contribution in [2.24, 2.45) is 7.05 Å². The van der Waals surface area contributed by atoms with Crippen LogP contribution in [0, 0.1) is 0 Å². The van der Waals surface area contributed by atoms with E-state index in [1.165, 1.54) is 7.11 Å². The molecular formula is C19H26N4O4S. The van der Waals surface area contributed by atoms with E-state index in [0.29, 0.717) is 25.3 Å². The van der Waals surface area contributed by atoms with Crippen molar-refractivity contribution in [1.82, 2.24) is 19.0 Å². The number of sulfonamides is 1. The summed E-state index contributed by atoms with van der Waals surface area (Å²) in [6.45, 7) is 4.72. The van der Waals surface area contributed by atoms with Gasteiger partial charge in [0.25, 0.3) is 0 Å². The monoisotopic (exact) mass is 406 g/mol. The number of nitrogens with zero attached hydrogens (tertiary/aromatic N) is 4. The highest BCUT2D eigenvalue weighted by Crippen LogP contribution is 2.29. The van der Waals surface area contributed by atoms with Crippen LogP contribution in [0.2, 0.25) is 0 Å². The molecule has 8 nitrogen and oxygen atoms in total. The minimum atomic E-state index is -3.60. The third-order valence-electron chi connectivity index (χ3n) is 5.45. The molecular weight excluding hydrogens is 380 g/mol. The molecule has 2 aliphatic rings. The number of rotatable bonds is 5. The van der Waals surface area contributed by atoms with Crippen molar-refractivity contribution in [3.63, 3.8) is 0 Å². The first kappa shape index (κ1) is 19.4. The Kier molecular flexibility index (Phi) is 5.42. The van der Waals surface area contributed by atoms with E-state index in [9.17, 15) is 8.42 Å². The molecule has 0 amide bonds. The van der Waals surface area contributed by atoms with E-state index in [2.05, 4.69) is 4.90 Å². The van der Waals surface area contributed by atoms with Crippen LogP contribution in [0.5, 0.6) is 5.75 Å². The van der Waals surface area contributed by atoms with Crippen LogP contribution >= 0.6 is 0 Å². The number of fused-ring (bicyclic) bond motifs is 1. The number of ether oxygens (including phenoxy) is 2. The Labute approximate surface area is 165 Å². The summed E-state index contributed by atoms with van der Waals surface area (Å²) >= 11 is 0. The van der Waals surface area contributed by atoms with Crippen molar-refractivity contribution >= 4 is 10.0 Å². The maximum Gasteiger partial charge on any atom is 0.243 e. The summed E-state index contributed by atoms with van der Waals surface area (Å²) in [5, 5.41) is 4.70. The van der Waals surface area contributed by atoms with E-state index in [4.69, 9.17) is 14.6 Å². The summed E-state index contributed by atoms with van der Waals surface area (Å²) < 4.78 is 40.4. The maximum atomic E-state index is 13.2. The Morgan fingerprint density at radius 2 is 2.00 bits per heavy atom. The number of methoxy groups -OCH3 is 1. The highest BCUT2D eigenvalue weighted by Gasteiger charge is 2.32. The van der Waals surface area contributed by atoms with Crippen LogP contribution in [-0.4, -0.2) is 67.4 Å². The zero-order valence-corrected chi connectivity index (χ0v) is 17.1. The van der Waals surface area contributed by atoms with Gasteiger partial charge in [0.2, 0.25) is 10.0 Å². The maximum absolute atomic E-state index is 13.2. The number of hydrogen-bond donors (Lipinski definition) is 0. The Morgan fingerprint density at radius 1 is 1.21 bits per heavy atom. The molecule has 9 heteroatoms. The SMILES string of the molecule is COc1cccc(S(=O)(=O)N2CCc3c(c(CN4CCOCC4)nn3C)C2)c1. The number of aryl methyl sites for hydroxylation is 1. The molecule has 2 aliphatic heterocycles. The van der Waals surface area contributed by atoms with Gasteiger partial charge < -0.3 is 9.47 Å². The second-order valence-corrected chi connectivity index (χ2v) is 9.09. The quantitative estimate of drug-likeness (QED) is 0.738. The molecule has 0 saturated carbocycles. The second-order valence-electron chi connectivity index (χ2n) is 7.15. The Hall–Kier alpha value is -1.94. The van der Waals surface area contributed by atoms with Crippen molar-refractivity contribution in [3.05, 3.63) is 41.2 Å². The van der Waals surface area contributed by atoms with E-state index < -0.39 is 10.0 Å². The van der Waals surface area contributed by atoms with Crippen LogP contribution in [0.25, 0.3) is 0 Å². The van der Waals surface area contributed by atoms with E-state index in [0.717, 1.165) is 49.8 Å². The minimum Gasteiger partial charge on any atom is -0.497 e. The van der Waals surface area contributed by atoms with E-state index >= 15 is 0 Å². The predicted molar refractivity (Wildman–Crippen MR) is 104 cm³/mol. The lowest BCUT2D eigenvalue weighted by Gasteiger charge is -2.29. The molecule has 1 aromatic heterocycles. The molecule has 0 bridgehead atoms. The van der Waals surface area contributed by atoms with Crippen molar-refractivity contribution in [2.45, 2.75) is 24.4 Å². The first-order valence-corrected chi connectivity index (χ1v) is 10.9. The predicted octanol–water partition coefficient (Wildman–Crippen LogP) is 1.01. The van der Waals surface area contributed by atoms with Crippen molar-refractivity contribution < 1.29 is 17.9 Å². The molecule has 152 valence electrons. The molecule has 1 saturated heterocycles. The molecule has 0 atom stereocenters. The molecule has 3 heterocycles. The van der Waals surface area contributed by atoms with Crippen LogP contribution in [0.3, 0.4) is 0 Å². The molecule has 0 aliphatic carbocycles. The fourth-order valence-electron chi connectivity index (χ4n) is 3.86. The topological polar surface area (TPSA) is 76.9 Å². The number of hydrogen-bond acceptors (Lipinski definition) is 6. The van der Waals surface area contributed by atoms with Gasteiger partial charge in [0.1, 0.15) is 5.75 Å². The largest absolute Gasteiger partial charge is 0.497 e. The first-order valence-electron chi connectivity index (χ1n) is 9.47. The number of morpholine rings is 1. The van der Waals surface area contributed by atoms with Gasteiger partial charge >= 0.3 is 0 Å². The van der Waals surface area contributed by atoms with Crippen LogP contribution in [0.1, 0.15) is 17.0 Å². The summed E-state index contributed by atoms with van der Waals surface area (Å²) in [6.07, 6.45) is 0.658. The first-order chi connectivity index (χ1) is 13.5. The average Bonchev–Trinajstić information content (AvgIpc) is 3.03. The third-order valence-corrected chi connectivity index (χ3v) is 7.29. The summed E-state index contributed by atoms with van der Waals surface area (Å²) in [5.41, 5.74) is 3.12. The second kappa shape index (κ2) is 7.82. The lowest BCUT2D eigenvalue weighted by molar-refractivity contribution is 0.0334. The van der Waals surface area contributed by atoms with Crippen LogP contribution in [0.4, 0.5) is 0 Å². The van der Waals surface area contributed by atoms with Crippen LogP contribution < -0.4 is 4.74 Å². The average molecular weight is 407 g/mol. The molecule has 2 aromatic rings. The molecule has 1 fully saturated rings. The van der Waals surface area contributed by atoms with Gasteiger partial charge in [0.15, 0.2) is 0 Å². The zero-order chi connectivity index (χ0) is 19.7. The lowest BCUT2D eigenvalue weighted by Crippen LogP contribution is -2.38. The normalized spacial score (nSPS) is 18.8. The van der Waals surface area contributed by atoms with Gasteiger partial charge in [0, 0.05) is 63.5 Å². The van der Waals surface area contributed by atoms with Gasteiger partial charge in [-0.05, 0) is 12.1 Å². The summed E-state index contributed by atoms with van der Waals surface area (Å²) in [5.74, 6) is 0.535. The highest BCUT2D eigenvalue weighted by molar-refractivity contribution is 7.89. The van der Waals surface area contributed by atoms with Crippen molar-refractivity contribution in [2.75, 3.05) is 40.0 Å². The van der Waals surface area contributed by atoms with Gasteiger partial charge in [-0.15, -0.1) is 0 Å². The van der Waals surface area contributed by atoms with Gasteiger partial charge in [-0.3, -0.25) is 9.58 Å². The van der Waals surface area contributed by atoms with Crippen LogP contribution in [-0.2, 0) is 41.3 Å².